The highest BCUT2D eigenvalue weighted by atomic mass is 32.2. The number of anilines is 2. The molecule has 10 nitrogen and oxygen atoms in total. The second kappa shape index (κ2) is 9.75. The zero-order chi connectivity index (χ0) is 25.1. The highest BCUT2D eigenvalue weighted by Crippen LogP contribution is 2.39. The molecule has 0 fully saturated rings. The van der Waals surface area contributed by atoms with E-state index < -0.39 is 39.7 Å². The van der Waals surface area contributed by atoms with E-state index >= 15 is 0 Å². The standard InChI is InChI=1S/C22H27FN4O6S/c1-22(2,3)33-21(29)26-15-7-10-19-18(11-15)27(13-16(32-19)12-25-20(28)24-4)34(30,31)17-8-5-14(23)6-9-17/h5-11,16H,12-13H2,1-4H3,(H,26,29)(H2,24,25,28). The molecule has 34 heavy (non-hydrogen) atoms. The van der Waals surface area contributed by atoms with E-state index in [9.17, 15) is 22.4 Å². The Morgan fingerprint density at radius 1 is 1.18 bits per heavy atom. The number of carbonyl (C=O) groups excluding carboxylic acids is 2. The molecule has 0 aromatic heterocycles. The molecule has 3 rings (SSSR count). The lowest BCUT2D eigenvalue weighted by molar-refractivity contribution is 0.0636. The van der Waals surface area contributed by atoms with E-state index in [4.69, 9.17) is 9.47 Å². The van der Waals surface area contributed by atoms with E-state index in [0.717, 1.165) is 16.4 Å². The second-order valence-corrected chi connectivity index (χ2v) is 10.4. The number of hydrogen-bond acceptors (Lipinski definition) is 6. The molecular weight excluding hydrogens is 467 g/mol. The number of sulfonamides is 1. The number of benzene rings is 2. The SMILES string of the molecule is CNC(=O)NCC1CN(S(=O)(=O)c2ccc(F)cc2)c2cc(NC(=O)OC(C)(C)C)ccc2O1. The molecule has 3 N–H and O–H groups in total. The highest BCUT2D eigenvalue weighted by molar-refractivity contribution is 7.92. The van der Waals surface area contributed by atoms with Crippen LogP contribution in [-0.4, -0.2) is 52.4 Å². The van der Waals surface area contributed by atoms with Crippen molar-refractivity contribution in [1.82, 2.24) is 10.6 Å². The number of rotatable bonds is 5. The average Bonchev–Trinajstić information content (AvgIpc) is 2.75. The number of carbonyl (C=O) groups is 2. The molecule has 12 heteroatoms. The number of fused-ring (bicyclic) bond motifs is 1. The number of amides is 3. The topological polar surface area (TPSA) is 126 Å². The monoisotopic (exact) mass is 494 g/mol. The van der Waals surface area contributed by atoms with Crippen molar-refractivity contribution >= 4 is 33.5 Å². The van der Waals surface area contributed by atoms with Crippen LogP contribution in [0.5, 0.6) is 5.75 Å². The van der Waals surface area contributed by atoms with E-state index in [2.05, 4.69) is 16.0 Å². The largest absolute Gasteiger partial charge is 0.484 e. The molecule has 0 saturated heterocycles. The lowest BCUT2D eigenvalue weighted by Crippen LogP contribution is -2.49. The van der Waals surface area contributed by atoms with Gasteiger partial charge in [0.15, 0.2) is 0 Å². The lowest BCUT2D eigenvalue weighted by Gasteiger charge is -2.35. The fraction of sp³-hybridized carbons (Fsp3) is 0.364. The molecule has 2 aromatic carbocycles. The van der Waals surface area contributed by atoms with Gasteiger partial charge in [-0.3, -0.25) is 9.62 Å². The van der Waals surface area contributed by atoms with Crippen LogP contribution in [-0.2, 0) is 14.8 Å². The molecule has 2 aromatic rings. The van der Waals surface area contributed by atoms with Crippen LogP contribution in [0.15, 0.2) is 47.4 Å². The quantitative estimate of drug-likeness (QED) is 0.587. The van der Waals surface area contributed by atoms with Gasteiger partial charge < -0.3 is 20.1 Å². The summed E-state index contributed by atoms with van der Waals surface area (Å²) in [5.74, 6) is -0.340. The summed E-state index contributed by atoms with van der Waals surface area (Å²) < 4.78 is 52.6. The van der Waals surface area contributed by atoms with Crippen molar-refractivity contribution in [2.75, 3.05) is 29.8 Å². The first-order valence-corrected chi connectivity index (χ1v) is 11.9. The molecule has 0 radical (unpaired) electrons. The maximum atomic E-state index is 13.5. The van der Waals surface area contributed by atoms with Gasteiger partial charge in [-0.25, -0.2) is 22.4 Å². The van der Waals surface area contributed by atoms with Gasteiger partial charge in [-0.1, -0.05) is 0 Å². The minimum Gasteiger partial charge on any atom is -0.484 e. The normalized spacial score (nSPS) is 15.6. The summed E-state index contributed by atoms with van der Waals surface area (Å²) in [7, 11) is -2.67. The van der Waals surface area contributed by atoms with Gasteiger partial charge in [0, 0.05) is 12.7 Å². The minimum atomic E-state index is -4.13. The summed E-state index contributed by atoms with van der Waals surface area (Å²) in [5, 5.41) is 7.58. The van der Waals surface area contributed by atoms with Crippen molar-refractivity contribution in [3.8, 4) is 5.75 Å². The van der Waals surface area contributed by atoms with Crippen molar-refractivity contribution in [2.24, 2.45) is 0 Å². The first-order chi connectivity index (χ1) is 15.9. The molecule has 0 aliphatic carbocycles. The van der Waals surface area contributed by atoms with E-state index in [-0.39, 0.29) is 35.1 Å². The van der Waals surface area contributed by atoms with Gasteiger partial charge in [-0.05, 0) is 63.2 Å². The molecule has 0 saturated carbocycles. The first-order valence-electron chi connectivity index (χ1n) is 10.4. The Labute approximate surface area is 197 Å². The highest BCUT2D eigenvalue weighted by Gasteiger charge is 2.35. The molecule has 1 atom stereocenters. The summed E-state index contributed by atoms with van der Waals surface area (Å²) in [6.45, 7) is 5.06. The summed E-state index contributed by atoms with van der Waals surface area (Å²) >= 11 is 0. The van der Waals surface area contributed by atoms with Crippen molar-refractivity contribution < 1.29 is 31.9 Å². The molecular formula is C22H27FN4O6S. The second-order valence-electron chi connectivity index (χ2n) is 8.50. The van der Waals surface area contributed by atoms with Crippen molar-refractivity contribution in [1.29, 1.82) is 0 Å². The van der Waals surface area contributed by atoms with Crippen LogP contribution in [0.4, 0.5) is 25.4 Å². The third kappa shape index (κ3) is 6.07. The molecule has 1 aliphatic heterocycles. The Balaban J connectivity index is 1.96. The summed E-state index contributed by atoms with van der Waals surface area (Å²) in [4.78, 5) is 23.6. The summed E-state index contributed by atoms with van der Waals surface area (Å²) in [6.07, 6.45) is -1.41. The van der Waals surface area contributed by atoms with Crippen LogP contribution in [0, 0.1) is 5.82 Å². The lowest BCUT2D eigenvalue weighted by atomic mass is 10.2. The third-order valence-electron chi connectivity index (χ3n) is 4.65. The number of ether oxygens (including phenoxy) is 2. The van der Waals surface area contributed by atoms with E-state index in [0.29, 0.717) is 0 Å². The van der Waals surface area contributed by atoms with E-state index in [1.54, 1.807) is 26.8 Å². The Morgan fingerprint density at radius 2 is 1.85 bits per heavy atom. The molecule has 3 amide bonds. The predicted octanol–water partition coefficient (Wildman–Crippen LogP) is 3.06. The molecule has 1 aliphatic rings. The van der Waals surface area contributed by atoms with Gasteiger partial charge in [-0.15, -0.1) is 0 Å². The van der Waals surface area contributed by atoms with Crippen LogP contribution >= 0.6 is 0 Å². The van der Waals surface area contributed by atoms with Crippen LogP contribution in [0.3, 0.4) is 0 Å². The van der Waals surface area contributed by atoms with Crippen LogP contribution in [0.25, 0.3) is 0 Å². The van der Waals surface area contributed by atoms with Gasteiger partial charge in [0.05, 0.1) is 23.7 Å². The number of halogens is 1. The maximum Gasteiger partial charge on any atom is 0.412 e. The van der Waals surface area contributed by atoms with Gasteiger partial charge >= 0.3 is 12.1 Å². The summed E-state index contributed by atoms with van der Waals surface area (Å²) in [5.41, 5.74) is -0.253. The van der Waals surface area contributed by atoms with Crippen LogP contribution in [0.2, 0.25) is 0 Å². The molecule has 0 bridgehead atoms. The number of urea groups is 1. The fourth-order valence-electron chi connectivity index (χ4n) is 3.17. The molecule has 1 unspecified atom stereocenters. The molecule has 184 valence electrons. The average molecular weight is 495 g/mol. The van der Waals surface area contributed by atoms with Gasteiger partial charge in [0.25, 0.3) is 10.0 Å². The smallest absolute Gasteiger partial charge is 0.412 e. The first kappa shape index (κ1) is 25.1. The molecule has 1 heterocycles. The zero-order valence-corrected chi connectivity index (χ0v) is 20.0. The van der Waals surface area contributed by atoms with E-state index in [1.807, 2.05) is 0 Å². The summed E-state index contributed by atoms with van der Waals surface area (Å²) in [6, 6.07) is 8.50. The van der Waals surface area contributed by atoms with Gasteiger partial charge in [-0.2, -0.15) is 0 Å². The number of hydrogen-bond donors (Lipinski definition) is 3. The number of nitrogens with zero attached hydrogens (tertiary/aromatic N) is 1. The van der Waals surface area contributed by atoms with Crippen molar-refractivity contribution in [3.63, 3.8) is 0 Å². The van der Waals surface area contributed by atoms with Crippen molar-refractivity contribution in [3.05, 3.63) is 48.3 Å². The van der Waals surface area contributed by atoms with Gasteiger partial charge in [0.2, 0.25) is 0 Å². The third-order valence-corrected chi connectivity index (χ3v) is 6.45. The van der Waals surface area contributed by atoms with Crippen LogP contribution < -0.4 is 25.0 Å². The molecule has 0 spiro atoms. The predicted molar refractivity (Wildman–Crippen MR) is 124 cm³/mol. The zero-order valence-electron chi connectivity index (χ0n) is 19.2. The van der Waals surface area contributed by atoms with Crippen molar-refractivity contribution in [2.45, 2.75) is 37.4 Å². The Hall–Kier alpha value is -3.54. The Bertz CT molecular complexity index is 1160. The Kier molecular flexibility index (Phi) is 7.20. The van der Waals surface area contributed by atoms with E-state index in [1.165, 1.54) is 31.3 Å². The maximum absolute atomic E-state index is 13.5. The minimum absolute atomic E-state index is 0.0342. The van der Waals surface area contributed by atoms with Crippen LogP contribution in [0.1, 0.15) is 20.8 Å². The Morgan fingerprint density at radius 3 is 2.47 bits per heavy atom. The fourth-order valence-corrected chi connectivity index (χ4v) is 4.67. The number of nitrogens with one attached hydrogen (secondary N) is 3. The van der Waals surface area contributed by atoms with Gasteiger partial charge in [0.1, 0.15) is 23.3 Å².